The summed E-state index contributed by atoms with van der Waals surface area (Å²) in [7, 11) is -4.33. The van der Waals surface area contributed by atoms with Gasteiger partial charge >= 0.3 is 7.82 Å². The van der Waals surface area contributed by atoms with Crippen LogP contribution in [-0.2, 0) is 18.4 Å². The molecule has 0 aliphatic heterocycles. The van der Waals surface area contributed by atoms with Crippen LogP contribution >= 0.6 is 7.82 Å². The van der Waals surface area contributed by atoms with Gasteiger partial charge in [0.15, 0.2) is 0 Å². The van der Waals surface area contributed by atoms with Crippen molar-refractivity contribution >= 4 is 13.7 Å². The van der Waals surface area contributed by atoms with Gasteiger partial charge in [-0.2, -0.15) is 0 Å². The maximum absolute atomic E-state index is 12.7. The molecular formula is C41H71N2O6P. The van der Waals surface area contributed by atoms with Crippen molar-refractivity contribution in [1.82, 2.24) is 5.32 Å². The minimum absolute atomic E-state index is 0.0744. The highest BCUT2D eigenvalue weighted by atomic mass is 31.2. The zero-order valence-corrected chi connectivity index (χ0v) is 32.2. The molecule has 0 heterocycles. The number of hydrogen-bond acceptors (Lipinski definition) is 6. The highest BCUT2D eigenvalue weighted by Gasteiger charge is 2.27. The van der Waals surface area contributed by atoms with E-state index in [1.54, 1.807) is 0 Å². The smallest absolute Gasteiger partial charge is 0.391 e. The summed E-state index contributed by atoms with van der Waals surface area (Å²) in [6.45, 7) is 3.97. The first-order valence-corrected chi connectivity index (χ1v) is 20.7. The second-order valence-corrected chi connectivity index (χ2v) is 13.9. The molecule has 0 rings (SSSR count). The molecule has 0 aromatic heterocycles. The number of nitrogens with two attached hydrogens (primary N) is 1. The van der Waals surface area contributed by atoms with Crippen LogP contribution in [0.4, 0.5) is 0 Å². The predicted octanol–water partition coefficient (Wildman–Crippen LogP) is 10.3. The number of carbonyl (C=O) groups excluding carboxylic acids is 1. The summed E-state index contributed by atoms with van der Waals surface area (Å²) in [6, 6.07) is -0.808. The Balaban J connectivity index is 4.29. The summed E-state index contributed by atoms with van der Waals surface area (Å²) >= 11 is 0. The number of nitrogens with one attached hydrogen (secondary N) is 1. The molecule has 50 heavy (non-hydrogen) atoms. The Bertz CT molecular complexity index is 1050. The molecule has 0 radical (unpaired) electrons. The number of hydrogen-bond donors (Lipinski definition) is 4. The van der Waals surface area contributed by atoms with E-state index in [-0.39, 0.29) is 32.1 Å². The van der Waals surface area contributed by atoms with Crippen LogP contribution in [-0.4, -0.2) is 47.8 Å². The van der Waals surface area contributed by atoms with Gasteiger partial charge in [-0.25, -0.2) is 4.57 Å². The first-order chi connectivity index (χ1) is 24.4. The normalized spacial score (nSPS) is 15.2. The topological polar surface area (TPSA) is 131 Å². The van der Waals surface area contributed by atoms with Crippen LogP contribution in [0.5, 0.6) is 0 Å². The van der Waals surface area contributed by atoms with E-state index in [1.165, 1.54) is 32.1 Å². The van der Waals surface area contributed by atoms with Gasteiger partial charge in [-0.05, 0) is 64.2 Å². The molecule has 0 fully saturated rings. The fourth-order valence-electron chi connectivity index (χ4n) is 4.89. The minimum Gasteiger partial charge on any atom is -0.391 e. The van der Waals surface area contributed by atoms with Gasteiger partial charge in [-0.15, -0.1) is 0 Å². The minimum atomic E-state index is -4.33. The van der Waals surface area contributed by atoms with E-state index in [2.05, 4.69) is 104 Å². The lowest BCUT2D eigenvalue weighted by atomic mass is 10.0. The maximum Gasteiger partial charge on any atom is 0.472 e. The van der Waals surface area contributed by atoms with Gasteiger partial charge in [0, 0.05) is 13.0 Å². The van der Waals surface area contributed by atoms with Gasteiger partial charge < -0.3 is 21.1 Å². The van der Waals surface area contributed by atoms with Crippen molar-refractivity contribution in [2.24, 2.45) is 5.73 Å². The lowest BCUT2D eigenvalue weighted by molar-refractivity contribution is -0.123. The van der Waals surface area contributed by atoms with E-state index >= 15 is 0 Å². The van der Waals surface area contributed by atoms with Gasteiger partial charge in [-0.1, -0.05) is 150 Å². The highest BCUT2D eigenvalue weighted by molar-refractivity contribution is 7.47. The van der Waals surface area contributed by atoms with Crippen molar-refractivity contribution in [3.8, 4) is 0 Å². The quantitative estimate of drug-likeness (QED) is 0.0296. The fraction of sp³-hybridized carbons (Fsp3) is 0.634. The Morgan fingerprint density at radius 2 is 1.14 bits per heavy atom. The first kappa shape index (κ1) is 47.7. The molecule has 0 saturated carbocycles. The van der Waals surface area contributed by atoms with Crippen molar-refractivity contribution in [3.63, 3.8) is 0 Å². The summed E-state index contributed by atoms with van der Waals surface area (Å²) in [5.74, 6) is -0.227. The van der Waals surface area contributed by atoms with Gasteiger partial charge in [0.1, 0.15) is 0 Å². The Labute approximate surface area is 305 Å². The number of phosphoric ester groups is 1. The van der Waals surface area contributed by atoms with Crippen LogP contribution in [0.3, 0.4) is 0 Å². The number of rotatable bonds is 34. The van der Waals surface area contributed by atoms with Gasteiger partial charge in [0.05, 0.1) is 25.4 Å². The van der Waals surface area contributed by atoms with Crippen LogP contribution in [0.15, 0.2) is 85.1 Å². The van der Waals surface area contributed by atoms with Crippen molar-refractivity contribution < 1.29 is 28.4 Å². The zero-order chi connectivity index (χ0) is 36.8. The fourth-order valence-corrected chi connectivity index (χ4v) is 5.65. The van der Waals surface area contributed by atoms with Crippen LogP contribution in [0.2, 0.25) is 0 Å². The molecule has 8 nitrogen and oxygen atoms in total. The summed E-state index contributed by atoms with van der Waals surface area (Å²) in [5.41, 5.74) is 5.34. The number of aliphatic hydroxyl groups excluding tert-OH is 1. The van der Waals surface area contributed by atoms with E-state index in [1.807, 2.05) is 0 Å². The molecule has 3 atom stereocenters. The summed E-state index contributed by atoms with van der Waals surface area (Å²) in [6.07, 6.45) is 47.5. The van der Waals surface area contributed by atoms with E-state index in [9.17, 15) is 19.4 Å². The monoisotopic (exact) mass is 719 g/mol. The van der Waals surface area contributed by atoms with Crippen LogP contribution in [0.25, 0.3) is 0 Å². The molecule has 3 unspecified atom stereocenters. The zero-order valence-electron chi connectivity index (χ0n) is 31.3. The van der Waals surface area contributed by atoms with Gasteiger partial charge in [-0.3, -0.25) is 13.8 Å². The second kappa shape index (κ2) is 36.5. The number of unbranched alkanes of at least 4 members (excludes halogenated alkanes) is 8. The van der Waals surface area contributed by atoms with Crippen LogP contribution < -0.4 is 11.1 Å². The molecule has 0 aromatic carbocycles. The Kier molecular flexibility index (Phi) is 34.8. The standard InChI is InChI=1S/C41H71N2O6P/c1-3-5-7-9-11-13-14-15-16-17-18-19-20-21-22-23-24-25-26-27-29-31-33-35-41(45)43-39(38-49-50(46,47)48-37-36-42)40(44)34-32-30-28-12-10-8-6-4-2/h5,7,11,13,15-16,18-19,21-22,24-25,27,29,39-40,44H,3-4,6,8-10,12,14,17,20,23,26,28,30-38,42H2,1-2H3,(H,43,45)(H,46,47)/b7-5-,13-11-,16-15-,19-18-,22-21-,25-24-,29-27-. The second-order valence-electron chi connectivity index (χ2n) is 12.4. The van der Waals surface area contributed by atoms with E-state index < -0.39 is 20.0 Å². The Hall–Kier alpha value is -2.32. The molecule has 9 heteroatoms. The van der Waals surface area contributed by atoms with Gasteiger partial charge in [0.2, 0.25) is 5.91 Å². The molecule has 0 aromatic rings. The van der Waals surface area contributed by atoms with E-state index in [0.717, 1.165) is 70.6 Å². The molecule has 0 saturated heterocycles. The average molecular weight is 719 g/mol. The molecule has 0 aliphatic carbocycles. The number of aliphatic hydroxyl groups is 1. The number of allylic oxidation sites excluding steroid dienone is 14. The summed E-state index contributed by atoms with van der Waals surface area (Å²) in [5, 5.41) is 13.6. The highest BCUT2D eigenvalue weighted by Crippen LogP contribution is 2.43. The lowest BCUT2D eigenvalue weighted by Gasteiger charge is -2.25. The largest absolute Gasteiger partial charge is 0.472 e. The summed E-state index contributed by atoms with van der Waals surface area (Å²) in [4.78, 5) is 22.5. The maximum atomic E-state index is 12.7. The number of phosphoric acid groups is 1. The van der Waals surface area contributed by atoms with Crippen LogP contribution in [0.1, 0.15) is 136 Å². The van der Waals surface area contributed by atoms with Crippen LogP contribution in [0, 0.1) is 0 Å². The predicted molar refractivity (Wildman–Crippen MR) is 212 cm³/mol. The summed E-state index contributed by atoms with van der Waals surface area (Å²) < 4.78 is 22.0. The Morgan fingerprint density at radius 3 is 1.62 bits per heavy atom. The van der Waals surface area contributed by atoms with Crippen molar-refractivity contribution in [1.29, 1.82) is 0 Å². The third kappa shape index (κ3) is 34.1. The first-order valence-electron chi connectivity index (χ1n) is 19.2. The SMILES string of the molecule is CC/C=C\C/C=C\C/C=C\C/C=C\C/C=C\C/C=C\C/C=C\CCCC(=O)NC(COP(=O)(O)OCCN)C(O)CCCCCCCCCC. The molecule has 286 valence electrons. The van der Waals surface area contributed by atoms with Crippen molar-refractivity contribution in [3.05, 3.63) is 85.1 Å². The molecule has 0 aliphatic rings. The molecule has 1 amide bonds. The molecule has 0 spiro atoms. The number of amides is 1. The molecule has 0 bridgehead atoms. The number of carbonyl (C=O) groups is 1. The lowest BCUT2D eigenvalue weighted by Crippen LogP contribution is -2.46. The van der Waals surface area contributed by atoms with Crippen molar-refractivity contribution in [2.75, 3.05) is 19.8 Å². The molecule has 5 N–H and O–H groups in total. The van der Waals surface area contributed by atoms with Gasteiger partial charge in [0.25, 0.3) is 0 Å². The van der Waals surface area contributed by atoms with E-state index in [4.69, 9.17) is 14.8 Å². The Morgan fingerprint density at radius 1 is 0.680 bits per heavy atom. The third-order valence-corrected chi connectivity index (χ3v) is 8.75. The van der Waals surface area contributed by atoms with E-state index in [0.29, 0.717) is 12.8 Å². The molecular weight excluding hydrogens is 647 g/mol. The average Bonchev–Trinajstić information content (AvgIpc) is 3.10. The third-order valence-electron chi connectivity index (χ3n) is 7.76. The van der Waals surface area contributed by atoms with Crippen molar-refractivity contribution in [2.45, 2.75) is 148 Å².